The first-order valence-electron chi connectivity index (χ1n) is 9.43. The summed E-state index contributed by atoms with van der Waals surface area (Å²) in [5.41, 5.74) is 0.354. The number of rotatable bonds is 9. The molecule has 0 aliphatic carbocycles. The normalized spacial score (nSPS) is 29.0. The van der Waals surface area contributed by atoms with Crippen LogP contribution in [0.4, 0.5) is 0 Å². The quantitative estimate of drug-likeness (QED) is 0.664. The van der Waals surface area contributed by atoms with Crippen molar-refractivity contribution in [1.29, 1.82) is 0 Å². The number of nitrogens with one attached hydrogen (secondary N) is 1. The van der Waals surface area contributed by atoms with E-state index in [1.807, 2.05) is 0 Å². The van der Waals surface area contributed by atoms with Crippen molar-refractivity contribution >= 4 is 0 Å². The van der Waals surface area contributed by atoms with Gasteiger partial charge in [-0.3, -0.25) is 4.90 Å². The summed E-state index contributed by atoms with van der Waals surface area (Å²) in [5.74, 6) is 1.67. The fourth-order valence-corrected chi connectivity index (χ4v) is 3.63. The van der Waals surface area contributed by atoms with Crippen molar-refractivity contribution in [2.75, 3.05) is 19.6 Å². The Labute approximate surface area is 134 Å². The van der Waals surface area contributed by atoms with Gasteiger partial charge in [-0.05, 0) is 38.0 Å². The van der Waals surface area contributed by atoms with Crippen LogP contribution >= 0.6 is 0 Å². The average Bonchev–Trinajstić information content (AvgIpc) is 2.46. The lowest BCUT2D eigenvalue weighted by Gasteiger charge is -2.49. The van der Waals surface area contributed by atoms with Gasteiger partial charge in [-0.2, -0.15) is 0 Å². The molecule has 0 aromatic heterocycles. The van der Waals surface area contributed by atoms with E-state index in [4.69, 9.17) is 0 Å². The monoisotopic (exact) mass is 296 g/mol. The second-order valence-electron chi connectivity index (χ2n) is 7.88. The third-order valence-electron chi connectivity index (χ3n) is 5.52. The minimum atomic E-state index is 0.354. The Balaban J connectivity index is 2.66. The molecule has 1 aliphatic rings. The zero-order chi connectivity index (χ0) is 15.9. The van der Waals surface area contributed by atoms with Gasteiger partial charge in [0.25, 0.3) is 0 Å². The van der Waals surface area contributed by atoms with Gasteiger partial charge in [-0.1, -0.05) is 53.9 Å². The van der Waals surface area contributed by atoms with Gasteiger partial charge in [0.05, 0.1) is 0 Å². The zero-order valence-electron chi connectivity index (χ0n) is 15.5. The van der Waals surface area contributed by atoms with E-state index in [-0.39, 0.29) is 0 Å². The SMILES string of the molecule is CCCCC(CC)CN1CC(CC(C)C)NCC1(C)CC. The Morgan fingerprint density at radius 3 is 2.48 bits per heavy atom. The molecule has 1 fully saturated rings. The van der Waals surface area contributed by atoms with Crippen molar-refractivity contribution in [3.05, 3.63) is 0 Å². The highest BCUT2D eigenvalue weighted by atomic mass is 15.3. The van der Waals surface area contributed by atoms with Crippen molar-refractivity contribution in [2.24, 2.45) is 11.8 Å². The van der Waals surface area contributed by atoms with E-state index in [9.17, 15) is 0 Å². The van der Waals surface area contributed by atoms with Crippen LogP contribution < -0.4 is 5.32 Å². The largest absolute Gasteiger partial charge is 0.311 e. The number of piperazine rings is 1. The molecule has 1 aliphatic heterocycles. The predicted molar refractivity (Wildman–Crippen MR) is 94.8 cm³/mol. The molecule has 3 atom stereocenters. The molecule has 1 rings (SSSR count). The molecule has 0 saturated carbocycles. The lowest BCUT2D eigenvalue weighted by Crippen LogP contribution is -2.64. The van der Waals surface area contributed by atoms with Crippen molar-refractivity contribution < 1.29 is 0 Å². The Bertz CT molecular complexity index is 277. The van der Waals surface area contributed by atoms with Crippen LogP contribution in [0.15, 0.2) is 0 Å². The number of hydrogen-bond acceptors (Lipinski definition) is 2. The number of hydrogen-bond donors (Lipinski definition) is 1. The average molecular weight is 297 g/mol. The van der Waals surface area contributed by atoms with Crippen LogP contribution in [0.1, 0.15) is 80.1 Å². The van der Waals surface area contributed by atoms with Gasteiger partial charge < -0.3 is 5.32 Å². The highest BCUT2D eigenvalue weighted by Gasteiger charge is 2.37. The summed E-state index contributed by atoms with van der Waals surface area (Å²) in [6.45, 7) is 17.9. The highest BCUT2D eigenvalue weighted by molar-refractivity contribution is 4.95. The van der Waals surface area contributed by atoms with Crippen LogP contribution in [0.2, 0.25) is 0 Å². The number of nitrogens with zero attached hydrogens (tertiary/aromatic N) is 1. The minimum Gasteiger partial charge on any atom is -0.311 e. The number of unbranched alkanes of at least 4 members (excludes halogenated alkanes) is 1. The molecule has 1 N–H and O–H groups in total. The summed E-state index contributed by atoms with van der Waals surface area (Å²) >= 11 is 0. The smallest absolute Gasteiger partial charge is 0.0304 e. The first kappa shape index (κ1) is 19.0. The van der Waals surface area contributed by atoms with Gasteiger partial charge in [-0.15, -0.1) is 0 Å². The molecule has 0 bridgehead atoms. The molecule has 0 amide bonds. The topological polar surface area (TPSA) is 15.3 Å². The lowest BCUT2D eigenvalue weighted by atomic mass is 9.87. The molecule has 1 saturated heterocycles. The molecule has 0 aromatic carbocycles. The van der Waals surface area contributed by atoms with E-state index < -0.39 is 0 Å². The van der Waals surface area contributed by atoms with Crippen LogP contribution in [0.25, 0.3) is 0 Å². The molecule has 0 aromatic rings. The zero-order valence-corrected chi connectivity index (χ0v) is 15.5. The fourth-order valence-electron chi connectivity index (χ4n) is 3.63. The van der Waals surface area contributed by atoms with Crippen LogP contribution in [-0.4, -0.2) is 36.1 Å². The summed E-state index contributed by atoms with van der Waals surface area (Å²) in [6.07, 6.45) is 8.02. The maximum absolute atomic E-state index is 3.81. The van der Waals surface area contributed by atoms with Crippen LogP contribution in [0, 0.1) is 11.8 Å². The van der Waals surface area contributed by atoms with Gasteiger partial charge >= 0.3 is 0 Å². The Hall–Kier alpha value is -0.0800. The molecule has 126 valence electrons. The maximum atomic E-state index is 3.81. The summed E-state index contributed by atoms with van der Waals surface area (Å²) in [4.78, 5) is 2.82. The summed E-state index contributed by atoms with van der Waals surface area (Å²) < 4.78 is 0. The van der Waals surface area contributed by atoms with E-state index >= 15 is 0 Å². The molecule has 2 heteroatoms. The van der Waals surface area contributed by atoms with Crippen molar-refractivity contribution in [3.8, 4) is 0 Å². The van der Waals surface area contributed by atoms with Crippen molar-refractivity contribution in [3.63, 3.8) is 0 Å². The molecule has 0 spiro atoms. The van der Waals surface area contributed by atoms with Gasteiger partial charge in [0, 0.05) is 31.2 Å². The molecule has 0 radical (unpaired) electrons. The summed E-state index contributed by atoms with van der Waals surface area (Å²) in [6, 6.07) is 0.688. The van der Waals surface area contributed by atoms with E-state index in [0.29, 0.717) is 11.6 Å². The molecule has 2 nitrogen and oxygen atoms in total. The van der Waals surface area contributed by atoms with Crippen LogP contribution in [0.5, 0.6) is 0 Å². The standard InChI is InChI=1S/C19H40N2/c1-7-10-11-17(8-2)13-21-14-18(12-16(4)5)20-15-19(21,6)9-3/h16-18,20H,7-15H2,1-6H3. The Kier molecular flexibility index (Phi) is 8.26. The third kappa shape index (κ3) is 5.90. The van der Waals surface area contributed by atoms with Crippen LogP contribution in [0.3, 0.4) is 0 Å². The van der Waals surface area contributed by atoms with Crippen molar-refractivity contribution in [1.82, 2.24) is 10.2 Å². The second kappa shape index (κ2) is 9.15. The predicted octanol–water partition coefficient (Wildman–Crippen LogP) is 4.69. The van der Waals surface area contributed by atoms with Gasteiger partial charge in [0.15, 0.2) is 0 Å². The second-order valence-corrected chi connectivity index (χ2v) is 7.88. The molecular formula is C19H40N2. The van der Waals surface area contributed by atoms with E-state index in [1.54, 1.807) is 0 Å². The van der Waals surface area contributed by atoms with Gasteiger partial charge in [0.2, 0.25) is 0 Å². The first-order valence-corrected chi connectivity index (χ1v) is 9.43. The molecule has 1 heterocycles. The summed E-state index contributed by atoms with van der Waals surface area (Å²) in [5, 5.41) is 3.81. The molecule has 3 unspecified atom stereocenters. The van der Waals surface area contributed by atoms with Gasteiger partial charge in [0.1, 0.15) is 0 Å². The minimum absolute atomic E-state index is 0.354. The fraction of sp³-hybridized carbons (Fsp3) is 1.00. The van der Waals surface area contributed by atoms with E-state index in [2.05, 4.69) is 51.8 Å². The Morgan fingerprint density at radius 1 is 1.24 bits per heavy atom. The lowest BCUT2D eigenvalue weighted by molar-refractivity contribution is 0.0287. The summed E-state index contributed by atoms with van der Waals surface area (Å²) in [7, 11) is 0. The first-order chi connectivity index (χ1) is 9.95. The molecular weight excluding hydrogens is 256 g/mol. The van der Waals surface area contributed by atoms with E-state index in [0.717, 1.165) is 18.4 Å². The van der Waals surface area contributed by atoms with E-state index in [1.165, 1.54) is 51.6 Å². The molecule has 21 heavy (non-hydrogen) atoms. The van der Waals surface area contributed by atoms with Crippen molar-refractivity contribution in [2.45, 2.75) is 91.6 Å². The highest BCUT2D eigenvalue weighted by Crippen LogP contribution is 2.27. The van der Waals surface area contributed by atoms with Gasteiger partial charge in [-0.25, -0.2) is 0 Å². The third-order valence-corrected chi connectivity index (χ3v) is 5.52. The maximum Gasteiger partial charge on any atom is 0.0304 e. The Morgan fingerprint density at radius 2 is 1.95 bits per heavy atom. The van der Waals surface area contributed by atoms with Crippen LogP contribution in [-0.2, 0) is 0 Å².